The van der Waals surface area contributed by atoms with Gasteiger partial charge in [-0.25, -0.2) is 9.78 Å². The molecule has 0 aromatic carbocycles. The summed E-state index contributed by atoms with van der Waals surface area (Å²) >= 11 is 6.13. The van der Waals surface area contributed by atoms with Crippen molar-refractivity contribution in [1.82, 2.24) is 9.88 Å². The van der Waals surface area contributed by atoms with E-state index in [1.54, 1.807) is 6.92 Å². The van der Waals surface area contributed by atoms with Crippen molar-refractivity contribution in [2.45, 2.75) is 33.1 Å². The number of piperidine rings is 1. The minimum Gasteiger partial charge on any atom is -0.462 e. The Labute approximate surface area is 147 Å². The number of amides is 1. The smallest absolute Gasteiger partial charge is 0.339 e. The van der Waals surface area contributed by atoms with E-state index in [0.29, 0.717) is 41.9 Å². The highest BCUT2D eigenvalue weighted by Crippen LogP contribution is 2.21. The number of ether oxygens (including phenoxy) is 1. The molecule has 2 rings (SSSR count). The number of nitrogens with one attached hydrogen (secondary N) is 1. The SMILES string of the molecule is CCOC(=O)c1cnc(NCCC(=O)N2CCC(C)CC2)c(Cl)c1. The maximum absolute atomic E-state index is 12.2. The first kappa shape index (κ1) is 18.5. The number of hydrogen-bond acceptors (Lipinski definition) is 5. The summed E-state index contributed by atoms with van der Waals surface area (Å²) in [6, 6.07) is 1.52. The van der Waals surface area contributed by atoms with Crippen LogP contribution in [0.2, 0.25) is 5.02 Å². The summed E-state index contributed by atoms with van der Waals surface area (Å²) in [5, 5.41) is 3.38. The van der Waals surface area contributed by atoms with E-state index < -0.39 is 5.97 Å². The van der Waals surface area contributed by atoms with Crippen LogP contribution in [0.5, 0.6) is 0 Å². The quantitative estimate of drug-likeness (QED) is 0.796. The summed E-state index contributed by atoms with van der Waals surface area (Å²) in [5.74, 6) is 0.861. The number of likely N-dealkylation sites (tertiary alicyclic amines) is 1. The van der Waals surface area contributed by atoms with Gasteiger partial charge in [0.25, 0.3) is 0 Å². The fraction of sp³-hybridized carbons (Fsp3) is 0.588. The maximum Gasteiger partial charge on any atom is 0.339 e. The molecule has 0 bridgehead atoms. The molecule has 6 nitrogen and oxygen atoms in total. The number of rotatable bonds is 6. The highest BCUT2D eigenvalue weighted by Gasteiger charge is 2.19. The van der Waals surface area contributed by atoms with Gasteiger partial charge in [0.1, 0.15) is 5.82 Å². The molecule has 1 amide bonds. The lowest BCUT2D eigenvalue weighted by Crippen LogP contribution is -2.38. The molecule has 0 unspecified atom stereocenters. The van der Waals surface area contributed by atoms with E-state index in [2.05, 4.69) is 17.2 Å². The Morgan fingerprint density at radius 2 is 2.12 bits per heavy atom. The zero-order chi connectivity index (χ0) is 17.5. The average Bonchev–Trinajstić information content (AvgIpc) is 2.57. The number of aromatic nitrogens is 1. The van der Waals surface area contributed by atoms with Gasteiger partial charge in [-0.15, -0.1) is 0 Å². The van der Waals surface area contributed by atoms with Crippen LogP contribution in [0.1, 0.15) is 43.5 Å². The molecule has 0 saturated carbocycles. The number of halogens is 1. The van der Waals surface area contributed by atoms with Gasteiger partial charge in [0.05, 0.1) is 17.2 Å². The van der Waals surface area contributed by atoms with Crippen LogP contribution >= 0.6 is 11.6 Å². The summed E-state index contributed by atoms with van der Waals surface area (Å²) in [7, 11) is 0. The van der Waals surface area contributed by atoms with Gasteiger partial charge < -0.3 is 15.0 Å². The number of carbonyl (C=O) groups is 2. The van der Waals surface area contributed by atoms with Gasteiger partial charge in [-0.3, -0.25) is 4.79 Å². The van der Waals surface area contributed by atoms with Crippen molar-refractivity contribution >= 4 is 29.3 Å². The molecule has 1 aromatic heterocycles. The molecule has 1 N–H and O–H groups in total. The number of anilines is 1. The Hall–Kier alpha value is -1.82. The van der Waals surface area contributed by atoms with Gasteiger partial charge >= 0.3 is 5.97 Å². The molecule has 132 valence electrons. The topological polar surface area (TPSA) is 71.5 Å². The molecule has 1 aromatic rings. The van der Waals surface area contributed by atoms with E-state index in [4.69, 9.17) is 16.3 Å². The third-order valence-electron chi connectivity index (χ3n) is 4.12. The Kier molecular flexibility index (Phi) is 6.85. The number of carbonyl (C=O) groups excluding carboxylic acids is 2. The lowest BCUT2D eigenvalue weighted by atomic mass is 9.99. The van der Waals surface area contributed by atoms with Gasteiger partial charge in [0.15, 0.2) is 0 Å². The molecule has 7 heteroatoms. The molecule has 0 radical (unpaired) electrons. The molecule has 1 fully saturated rings. The standard InChI is InChI=1S/C17H24ClN3O3/c1-3-24-17(23)13-10-14(18)16(20-11-13)19-7-4-15(22)21-8-5-12(2)6-9-21/h10-12H,3-9H2,1-2H3,(H,19,20). The molecule has 2 heterocycles. The number of pyridine rings is 1. The van der Waals surface area contributed by atoms with Crippen molar-refractivity contribution in [1.29, 1.82) is 0 Å². The van der Waals surface area contributed by atoms with Crippen LogP contribution in [-0.2, 0) is 9.53 Å². The van der Waals surface area contributed by atoms with Gasteiger partial charge in [-0.05, 0) is 31.7 Å². The highest BCUT2D eigenvalue weighted by molar-refractivity contribution is 6.33. The average molecular weight is 354 g/mol. The molecule has 0 aliphatic carbocycles. The largest absolute Gasteiger partial charge is 0.462 e. The zero-order valence-electron chi connectivity index (χ0n) is 14.2. The van der Waals surface area contributed by atoms with Crippen molar-refractivity contribution in [3.8, 4) is 0 Å². The van der Waals surface area contributed by atoms with E-state index >= 15 is 0 Å². The molecule has 1 aliphatic rings. The van der Waals surface area contributed by atoms with Crippen LogP contribution in [0.25, 0.3) is 0 Å². The summed E-state index contributed by atoms with van der Waals surface area (Å²) in [4.78, 5) is 29.8. The van der Waals surface area contributed by atoms with Crippen LogP contribution in [-0.4, -0.2) is 48.0 Å². The summed E-state index contributed by atoms with van der Waals surface area (Å²) in [6.45, 7) is 6.39. The Balaban J connectivity index is 1.81. The fourth-order valence-electron chi connectivity index (χ4n) is 2.60. The minimum atomic E-state index is -0.451. The first-order chi connectivity index (χ1) is 11.5. The van der Waals surface area contributed by atoms with Crippen molar-refractivity contribution < 1.29 is 14.3 Å². The zero-order valence-corrected chi connectivity index (χ0v) is 14.9. The number of nitrogens with zero attached hydrogens (tertiary/aromatic N) is 2. The van der Waals surface area contributed by atoms with Crippen molar-refractivity contribution in [2.75, 3.05) is 31.6 Å². The van der Waals surface area contributed by atoms with Gasteiger partial charge in [0, 0.05) is 32.3 Å². The van der Waals surface area contributed by atoms with E-state index in [1.807, 2.05) is 4.90 Å². The summed E-state index contributed by atoms with van der Waals surface area (Å²) < 4.78 is 4.90. The molecule has 24 heavy (non-hydrogen) atoms. The molecular formula is C17H24ClN3O3. The normalized spacial score (nSPS) is 15.2. The Morgan fingerprint density at radius 3 is 2.75 bits per heavy atom. The van der Waals surface area contributed by atoms with E-state index in [0.717, 1.165) is 25.9 Å². The van der Waals surface area contributed by atoms with Crippen molar-refractivity contribution in [3.05, 3.63) is 22.8 Å². The number of esters is 1. The van der Waals surface area contributed by atoms with E-state index in [-0.39, 0.29) is 5.91 Å². The van der Waals surface area contributed by atoms with Gasteiger partial charge in [-0.2, -0.15) is 0 Å². The lowest BCUT2D eigenvalue weighted by Gasteiger charge is -2.30. The predicted molar refractivity (Wildman–Crippen MR) is 93.3 cm³/mol. The summed E-state index contributed by atoms with van der Waals surface area (Å²) in [5.41, 5.74) is 0.311. The van der Waals surface area contributed by atoms with Crippen LogP contribution < -0.4 is 5.32 Å². The number of hydrogen-bond donors (Lipinski definition) is 1. The molecule has 0 spiro atoms. The Morgan fingerprint density at radius 1 is 1.42 bits per heavy atom. The second-order valence-corrected chi connectivity index (χ2v) is 6.42. The first-order valence-electron chi connectivity index (χ1n) is 8.35. The minimum absolute atomic E-state index is 0.147. The van der Waals surface area contributed by atoms with E-state index in [9.17, 15) is 9.59 Å². The maximum atomic E-state index is 12.2. The summed E-state index contributed by atoms with van der Waals surface area (Å²) in [6.07, 6.45) is 3.95. The van der Waals surface area contributed by atoms with Gasteiger partial charge in [-0.1, -0.05) is 18.5 Å². The predicted octanol–water partition coefficient (Wildman–Crippen LogP) is 2.97. The second-order valence-electron chi connectivity index (χ2n) is 6.01. The Bertz CT molecular complexity index is 586. The molecular weight excluding hydrogens is 330 g/mol. The van der Waals surface area contributed by atoms with Crippen molar-refractivity contribution in [3.63, 3.8) is 0 Å². The fourth-order valence-corrected chi connectivity index (χ4v) is 2.83. The van der Waals surface area contributed by atoms with Crippen LogP contribution in [0, 0.1) is 5.92 Å². The first-order valence-corrected chi connectivity index (χ1v) is 8.73. The van der Waals surface area contributed by atoms with Crippen LogP contribution in [0.3, 0.4) is 0 Å². The highest BCUT2D eigenvalue weighted by atomic mass is 35.5. The van der Waals surface area contributed by atoms with E-state index in [1.165, 1.54) is 12.3 Å². The van der Waals surface area contributed by atoms with Gasteiger partial charge in [0.2, 0.25) is 5.91 Å². The monoisotopic (exact) mass is 353 g/mol. The molecule has 0 atom stereocenters. The molecule has 1 saturated heterocycles. The third-order valence-corrected chi connectivity index (χ3v) is 4.41. The lowest BCUT2D eigenvalue weighted by molar-refractivity contribution is -0.132. The molecule has 1 aliphatic heterocycles. The van der Waals surface area contributed by atoms with Crippen LogP contribution in [0.4, 0.5) is 5.82 Å². The third kappa shape index (κ3) is 5.09. The van der Waals surface area contributed by atoms with Crippen molar-refractivity contribution in [2.24, 2.45) is 5.92 Å². The second kappa shape index (κ2) is 8.87. The van der Waals surface area contributed by atoms with Crippen LogP contribution in [0.15, 0.2) is 12.3 Å².